The van der Waals surface area contributed by atoms with Crippen LogP contribution >= 0.6 is 11.6 Å². The van der Waals surface area contributed by atoms with Gasteiger partial charge in [0.25, 0.3) is 0 Å². The molecule has 2 unspecified atom stereocenters. The van der Waals surface area contributed by atoms with Crippen LogP contribution in [0.4, 0.5) is 0 Å². The van der Waals surface area contributed by atoms with Gasteiger partial charge in [-0.1, -0.05) is 17.7 Å². The second-order valence-electron chi connectivity index (χ2n) is 5.11. The molecule has 0 aromatic heterocycles. The van der Waals surface area contributed by atoms with E-state index in [4.69, 9.17) is 16.3 Å². The largest absolute Gasteiger partial charge is 0.369 e. The molecule has 18 heavy (non-hydrogen) atoms. The predicted molar refractivity (Wildman–Crippen MR) is 72.0 cm³/mol. The first-order valence-electron chi connectivity index (χ1n) is 6.24. The number of hydrogen-bond acceptors (Lipinski definition) is 4. The van der Waals surface area contributed by atoms with E-state index in [-0.39, 0.29) is 12.1 Å². The van der Waals surface area contributed by atoms with Crippen molar-refractivity contribution >= 4 is 11.6 Å². The summed E-state index contributed by atoms with van der Waals surface area (Å²) >= 11 is 6.11. The Kier molecular flexibility index (Phi) is 3.20. The first-order chi connectivity index (χ1) is 8.65. The lowest BCUT2D eigenvalue weighted by atomic mass is 9.99. The maximum Gasteiger partial charge on any atom is 0.112 e. The van der Waals surface area contributed by atoms with Crippen LogP contribution in [0.5, 0.6) is 0 Å². The van der Waals surface area contributed by atoms with Crippen LogP contribution in [0.15, 0.2) is 34.5 Å². The number of allylic oxidation sites excluding steroid dienone is 2. The molecule has 1 fully saturated rings. The fraction of sp³-hybridized carbons (Fsp3) is 0.538. The van der Waals surface area contributed by atoms with Crippen molar-refractivity contribution < 1.29 is 4.74 Å². The molecule has 1 N–H and O–H groups in total. The molecule has 4 nitrogen and oxygen atoms in total. The van der Waals surface area contributed by atoms with Gasteiger partial charge >= 0.3 is 0 Å². The zero-order valence-electron chi connectivity index (χ0n) is 10.7. The fourth-order valence-electron chi connectivity index (χ4n) is 2.70. The van der Waals surface area contributed by atoms with Crippen molar-refractivity contribution in [1.82, 2.24) is 15.3 Å². The number of morpholine rings is 1. The number of halogens is 1. The van der Waals surface area contributed by atoms with E-state index >= 15 is 0 Å². The molecule has 0 amide bonds. The molecular weight excluding hydrogens is 250 g/mol. The summed E-state index contributed by atoms with van der Waals surface area (Å²) in [7, 11) is 4.13. The Morgan fingerprint density at radius 2 is 2.39 bits per heavy atom. The molecule has 1 aliphatic carbocycles. The SMILES string of the molecule is CN(C)CC1OCCN2NC3C=CC(Cl)=CC3=C12. The molecule has 2 atom stereocenters. The van der Waals surface area contributed by atoms with E-state index in [0.29, 0.717) is 0 Å². The predicted octanol–water partition coefficient (Wildman–Crippen LogP) is 1.08. The molecule has 0 bridgehead atoms. The van der Waals surface area contributed by atoms with Crippen LogP contribution in [-0.2, 0) is 4.74 Å². The molecule has 2 aliphatic heterocycles. The lowest BCUT2D eigenvalue weighted by Crippen LogP contribution is -2.47. The highest BCUT2D eigenvalue weighted by Crippen LogP contribution is 2.33. The third-order valence-electron chi connectivity index (χ3n) is 3.43. The molecule has 3 rings (SSSR count). The van der Waals surface area contributed by atoms with Crippen LogP contribution < -0.4 is 5.43 Å². The molecule has 0 radical (unpaired) electrons. The lowest BCUT2D eigenvalue weighted by Gasteiger charge is -2.35. The normalized spacial score (nSPS) is 30.7. The third kappa shape index (κ3) is 2.10. The Morgan fingerprint density at radius 1 is 1.56 bits per heavy atom. The summed E-state index contributed by atoms with van der Waals surface area (Å²) in [6.45, 7) is 2.54. The molecule has 0 aromatic rings. The molecule has 0 saturated carbocycles. The maximum atomic E-state index is 6.11. The number of likely N-dealkylation sites (N-methyl/N-ethyl adjacent to an activating group) is 1. The van der Waals surface area contributed by atoms with Crippen molar-refractivity contribution in [3.63, 3.8) is 0 Å². The van der Waals surface area contributed by atoms with E-state index in [9.17, 15) is 0 Å². The van der Waals surface area contributed by atoms with Crippen molar-refractivity contribution in [3.05, 3.63) is 34.5 Å². The topological polar surface area (TPSA) is 27.7 Å². The molecule has 98 valence electrons. The molecule has 2 heterocycles. The number of ether oxygens (including phenoxy) is 1. The minimum atomic E-state index is 0.119. The maximum absolute atomic E-state index is 6.11. The van der Waals surface area contributed by atoms with Gasteiger partial charge < -0.3 is 14.6 Å². The Morgan fingerprint density at radius 3 is 3.17 bits per heavy atom. The summed E-state index contributed by atoms with van der Waals surface area (Å²) in [6, 6.07) is 0.244. The van der Waals surface area contributed by atoms with E-state index in [1.807, 2.05) is 12.2 Å². The zero-order chi connectivity index (χ0) is 12.7. The second kappa shape index (κ2) is 4.70. The van der Waals surface area contributed by atoms with Crippen molar-refractivity contribution in [2.45, 2.75) is 12.1 Å². The zero-order valence-corrected chi connectivity index (χ0v) is 11.4. The summed E-state index contributed by atoms with van der Waals surface area (Å²) in [5.74, 6) is 0. The summed E-state index contributed by atoms with van der Waals surface area (Å²) in [4.78, 5) is 2.15. The number of nitrogens with one attached hydrogen (secondary N) is 1. The second-order valence-corrected chi connectivity index (χ2v) is 5.55. The van der Waals surface area contributed by atoms with Crippen molar-refractivity contribution in [3.8, 4) is 0 Å². The van der Waals surface area contributed by atoms with Crippen LogP contribution in [0.1, 0.15) is 0 Å². The first-order valence-corrected chi connectivity index (χ1v) is 6.62. The van der Waals surface area contributed by atoms with Crippen LogP contribution in [0.3, 0.4) is 0 Å². The first kappa shape index (κ1) is 12.2. The highest BCUT2D eigenvalue weighted by molar-refractivity contribution is 6.31. The molecule has 1 saturated heterocycles. The van der Waals surface area contributed by atoms with Gasteiger partial charge in [-0.3, -0.25) is 0 Å². The van der Waals surface area contributed by atoms with Gasteiger partial charge in [-0.25, -0.2) is 5.43 Å². The molecule has 5 heteroatoms. The van der Waals surface area contributed by atoms with E-state index in [2.05, 4.69) is 35.5 Å². The minimum absolute atomic E-state index is 0.119. The quantitative estimate of drug-likeness (QED) is 0.810. The standard InChI is InChI=1S/C13H18ClN3O/c1-16(2)8-12-13-10-7-9(14)3-4-11(10)15-17(13)5-6-18-12/h3-4,7,11-12,15H,5-6,8H2,1-2H3. The van der Waals surface area contributed by atoms with Gasteiger partial charge in [-0.2, -0.15) is 0 Å². The van der Waals surface area contributed by atoms with Gasteiger partial charge in [0, 0.05) is 11.6 Å². The molecule has 3 aliphatic rings. The Bertz CT molecular complexity index is 442. The minimum Gasteiger partial charge on any atom is -0.369 e. The van der Waals surface area contributed by atoms with Gasteiger partial charge in [0.05, 0.1) is 24.9 Å². The number of rotatable bonds is 2. The van der Waals surface area contributed by atoms with Crippen molar-refractivity contribution in [2.24, 2.45) is 0 Å². The molecular formula is C13H18ClN3O. The highest BCUT2D eigenvalue weighted by Gasteiger charge is 2.37. The lowest BCUT2D eigenvalue weighted by molar-refractivity contribution is -0.0127. The van der Waals surface area contributed by atoms with Gasteiger partial charge in [0.1, 0.15) is 6.10 Å². The number of nitrogens with zero attached hydrogens (tertiary/aromatic N) is 2. The van der Waals surface area contributed by atoms with Crippen LogP contribution in [0.2, 0.25) is 0 Å². The Labute approximate surface area is 112 Å². The van der Waals surface area contributed by atoms with E-state index in [1.54, 1.807) is 0 Å². The van der Waals surface area contributed by atoms with E-state index < -0.39 is 0 Å². The summed E-state index contributed by atoms with van der Waals surface area (Å²) in [6.07, 6.45) is 6.22. The number of hydrazine groups is 1. The number of hydrogen-bond donors (Lipinski definition) is 1. The van der Waals surface area contributed by atoms with Crippen LogP contribution in [-0.4, -0.2) is 55.8 Å². The van der Waals surface area contributed by atoms with Crippen molar-refractivity contribution in [2.75, 3.05) is 33.8 Å². The third-order valence-corrected chi connectivity index (χ3v) is 3.66. The van der Waals surface area contributed by atoms with Crippen LogP contribution in [0.25, 0.3) is 0 Å². The fourth-order valence-corrected chi connectivity index (χ4v) is 2.89. The molecule has 0 aromatic carbocycles. The van der Waals surface area contributed by atoms with Gasteiger partial charge in [0.2, 0.25) is 0 Å². The summed E-state index contributed by atoms with van der Waals surface area (Å²) in [5, 5.41) is 3.00. The molecule has 0 spiro atoms. The highest BCUT2D eigenvalue weighted by atomic mass is 35.5. The van der Waals surface area contributed by atoms with Gasteiger partial charge in [0.15, 0.2) is 0 Å². The summed E-state index contributed by atoms with van der Waals surface area (Å²) < 4.78 is 5.91. The van der Waals surface area contributed by atoms with Gasteiger partial charge in [-0.05, 0) is 31.8 Å². The van der Waals surface area contributed by atoms with E-state index in [1.165, 1.54) is 11.3 Å². The average Bonchev–Trinajstić information content (AvgIpc) is 2.67. The monoisotopic (exact) mass is 267 g/mol. The summed E-state index contributed by atoms with van der Waals surface area (Å²) in [5.41, 5.74) is 5.97. The van der Waals surface area contributed by atoms with Crippen molar-refractivity contribution in [1.29, 1.82) is 0 Å². The Balaban J connectivity index is 1.95. The Hall–Kier alpha value is -0.810. The number of fused-ring (bicyclic) bond motifs is 2. The van der Waals surface area contributed by atoms with Crippen LogP contribution in [0, 0.1) is 0 Å². The van der Waals surface area contributed by atoms with Gasteiger partial charge in [-0.15, -0.1) is 0 Å². The average molecular weight is 268 g/mol. The smallest absolute Gasteiger partial charge is 0.112 e. The van der Waals surface area contributed by atoms with E-state index in [0.717, 1.165) is 24.7 Å².